The second-order valence-corrected chi connectivity index (χ2v) is 6.96. The van der Waals surface area contributed by atoms with E-state index in [-0.39, 0.29) is 5.82 Å². The van der Waals surface area contributed by atoms with E-state index in [1.54, 1.807) is 19.2 Å². The molecule has 2 aromatic rings. The molecule has 0 radical (unpaired) electrons. The standard InChI is InChI=1S/C21H24FN2O2/c1-26-19-8-5-4-7-18(19)23-15-21(25,16-10-12-17(22)13-11-16)24-14-6-2-3-9-20(23)24/h4-5,7-8,10-13,25H,2-3,6,9,14-15H2,1H3/q+1/t21-/m0/s1. The van der Waals surface area contributed by atoms with Crippen molar-refractivity contribution in [2.45, 2.75) is 31.4 Å². The fourth-order valence-electron chi connectivity index (χ4n) is 4.11. The molecule has 0 fully saturated rings. The Hall–Kier alpha value is -2.40. The van der Waals surface area contributed by atoms with Gasteiger partial charge in [0.1, 0.15) is 5.82 Å². The van der Waals surface area contributed by atoms with Gasteiger partial charge in [0.25, 0.3) is 11.6 Å². The third kappa shape index (κ3) is 2.76. The summed E-state index contributed by atoms with van der Waals surface area (Å²) in [5, 5.41) is 11.7. The van der Waals surface area contributed by atoms with Crippen LogP contribution in [-0.2, 0) is 5.72 Å². The lowest BCUT2D eigenvalue weighted by Crippen LogP contribution is -2.41. The maximum atomic E-state index is 13.4. The summed E-state index contributed by atoms with van der Waals surface area (Å²) in [5.41, 5.74) is 0.499. The third-order valence-corrected chi connectivity index (χ3v) is 5.41. The number of benzene rings is 2. The van der Waals surface area contributed by atoms with Gasteiger partial charge in [0.2, 0.25) is 0 Å². The second-order valence-electron chi connectivity index (χ2n) is 6.96. The molecule has 4 rings (SSSR count). The van der Waals surface area contributed by atoms with Crippen LogP contribution in [-0.4, -0.2) is 35.7 Å². The Morgan fingerprint density at radius 3 is 2.62 bits per heavy atom. The first-order valence-corrected chi connectivity index (χ1v) is 9.16. The fraction of sp³-hybridized carbons (Fsp3) is 0.381. The summed E-state index contributed by atoms with van der Waals surface area (Å²) in [5.74, 6) is 1.60. The normalized spacial score (nSPS) is 23.0. The molecular weight excluding hydrogens is 331 g/mol. The number of hydrogen-bond acceptors (Lipinski definition) is 3. The van der Waals surface area contributed by atoms with Crippen molar-refractivity contribution in [3.8, 4) is 5.75 Å². The maximum absolute atomic E-state index is 13.4. The van der Waals surface area contributed by atoms with Crippen molar-refractivity contribution in [1.82, 2.24) is 0 Å². The van der Waals surface area contributed by atoms with Crippen LogP contribution in [0.25, 0.3) is 0 Å². The van der Waals surface area contributed by atoms with Crippen LogP contribution in [0.15, 0.2) is 48.5 Å². The number of halogens is 1. The van der Waals surface area contributed by atoms with E-state index in [0.29, 0.717) is 6.54 Å². The zero-order valence-electron chi connectivity index (χ0n) is 15.0. The minimum Gasteiger partial charge on any atom is -0.492 e. The molecular formula is C21H24FN2O2+. The molecule has 2 aliphatic rings. The summed E-state index contributed by atoms with van der Waals surface area (Å²) >= 11 is 0. The highest BCUT2D eigenvalue weighted by atomic mass is 19.1. The molecule has 136 valence electrons. The first-order valence-electron chi connectivity index (χ1n) is 9.16. The Morgan fingerprint density at radius 1 is 1.08 bits per heavy atom. The van der Waals surface area contributed by atoms with Gasteiger partial charge in [0, 0.05) is 12.0 Å². The first-order chi connectivity index (χ1) is 12.6. The number of amidine groups is 1. The molecule has 4 nitrogen and oxygen atoms in total. The summed E-state index contributed by atoms with van der Waals surface area (Å²) in [6.45, 7) is 1.18. The first kappa shape index (κ1) is 17.0. The van der Waals surface area contributed by atoms with Crippen LogP contribution in [0.4, 0.5) is 10.1 Å². The predicted octanol–water partition coefficient (Wildman–Crippen LogP) is 3.48. The number of para-hydroxylation sites is 2. The van der Waals surface area contributed by atoms with Crippen LogP contribution in [0.3, 0.4) is 0 Å². The van der Waals surface area contributed by atoms with Gasteiger partial charge in [-0.05, 0) is 55.7 Å². The Labute approximate surface area is 153 Å². The molecule has 1 atom stereocenters. The summed E-state index contributed by atoms with van der Waals surface area (Å²) in [6, 6.07) is 14.1. The summed E-state index contributed by atoms with van der Waals surface area (Å²) < 4.78 is 21.1. The van der Waals surface area contributed by atoms with Gasteiger partial charge in [-0.1, -0.05) is 12.1 Å². The quantitative estimate of drug-likeness (QED) is 0.856. The molecule has 0 saturated carbocycles. The monoisotopic (exact) mass is 355 g/mol. The van der Waals surface area contributed by atoms with Crippen molar-refractivity contribution in [2.75, 3.05) is 25.1 Å². The van der Waals surface area contributed by atoms with E-state index in [2.05, 4.69) is 9.48 Å². The molecule has 0 amide bonds. The van der Waals surface area contributed by atoms with E-state index < -0.39 is 5.72 Å². The van der Waals surface area contributed by atoms with E-state index in [1.807, 2.05) is 24.3 Å². The van der Waals surface area contributed by atoms with Crippen molar-refractivity contribution < 1.29 is 18.8 Å². The van der Waals surface area contributed by atoms with Crippen LogP contribution in [0.2, 0.25) is 0 Å². The number of methoxy groups -OCH3 is 1. The minimum absolute atomic E-state index is 0.294. The van der Waals surface area contributed by atoms with Crippen molar-refractivity contribution in [3.63, 3.8) is 0 Å². The second kappa shape index (κ2) is 6.72. The van der Waals surface area contributed by atoms with E-state index in [4.69, 9.17) is 4.74 Å². The number of rotatable bonds is 3. The Morgan fingerprint density at radius 2 is 1.85 bits per heavy atom. The molecule has 0 unspecified atom stereocenters. The topological polar surface area (TPSA) is 35.7 Å². The lowest BCUT2D eigenvalue weighted by Gasteiger charge is -2.23. The Kier molecular flexibility index (Phi) is 4.41. The zero-order chi connectivity index (χ0) is 18.1. The SMILES string of the molecule is COc1ccccc1N1C[C@](O)(c2ccc(F)cc2)[N+]2=C1CCCCC2. The molecule has 0 saturated heterocycles. The van der Waals surface area contributed by atoms with Gasteiger partial charge in [-0.15, -0.1) is 0 Å². The highest BCUT2D eigenvalue weighted by molar-refractivity contribution is 5.97. The van der Waals surface area contributed by atoms with Gasteiger partial charge >= 0.3 is 0 Å². The largest absolute Gasteiger partial charge is 0.492 e. The maximum Gasteiger partial charge on any atom is 0.271 e. The van der Waals surface area contributed by atoms with E-state index >= 15 is 0 Å². The molecule has 2 aliphatic heterocycles. The van der Waals surface area contributed by atoms with E-state index in [1.165, 1.54) is 12.1 Å². The molecule has 2 aromatic carbocycles. The van der Waals surface area contributed by atoms with Crippen molar-refractivity contribution in [1.29, 1.82) is 0 Å². The van der Waals surface area contributed by atoms with Gasteiger partial charge in [-0.3, -0.25) is 0 Å². The predicted molar refractivity (Wildman–Crippen MR) is 99.2 cm³/mol. The van der Waals surface area contributed by atoms with Crippen molar-refractivity contribution in [3.05, 3.63) is 59.9 Å². The van der Waals surface area contributed by atoms with E-state index in [9.17, 15) is 9.50 Å². The molecule has 0 aromatic heterocycles. The van der Waals surface area contributed by atoms with E-state index in [0.717, 1.165) is 55.1 Å². The summed E-state index contributed by atoms with van der Waals surface area (Å²) in [6.07, 6.45) is 4.17. The number of ether oxygens (including phenoxy) is 1. The number of anilines is 1. The van der Waals surface area contributed by atoms with Crippen LogP contribution in [0.5, 0.6) is 5.75 Å². The number of β-amino-alcohol motifs (C(OH)–C–C–N with tert-alkyl or cyclic N) is 1. The molecule has 0 spiro atoms. The summed E-state index contributed by atoms with van der Waals surface area (Å²) in [4.78, 5) is 2.16. The van der Waals surface area contributed by atoms with Crippen LogP contribution < -0.4 is 9.64 Å². The van der Waals surface area contributed by atoms with Gasteiger partial charge in [-0.2, -0.15) is 0 Å². The summed E-state index contributed by atoms with van der Waals surface area (Å²) in [7, 11) is 1.66. The zero-order valence-corrected chi connectivity index (χ0v) is 15.0. The van der Waals surface area contributed by atoms with Crippen molar-refractivity contribution in [2.24, 2.45) is 0 Å². The van der Waals surface area contributed by atoms with Crippen LogP contribution in [0, 0.1) is 5.82 Å². The minimum atomic E-state index is -1.17. The Balaban J connectivity index is 1.83. The molecule has 1 N–H and O–H groups in total. The fourth-order valence-corrected chi connectivity index (χ4v) is 4.11. The number of aliphatic hydroxyl groups is 1. The van der Waals surface area contributed by atoms with Crippen molar-refractivity contribution >= 4 is 11.5 Å². The van der Waals surface area contributed by atoms with Gasteiger partial charge in [-0.25, -0.2) is 13.9 Å². The number of nitrogens with zero attached hydrogens (tertiary/aromatic N) is 2. The third-order valence-electron chi connectivity index (χ3n) is 5.41. The molecule has 26 heavy (non-hydrogen) atoms. The highest BCUT2D eigenvalue weighted by Gasteiger charge is 2.52. The molecule has 2 heterocycles. The molecule has 0 aliphatic carbocycles. The number of hydrogen-bond donors (Lipinski definition) is 1. The van der Waals surface area contributed by atoms with Gasteiger partial charge in [0.05, 0.1) is 13.7 Å². The smallest absolute Gasteiger partial charge is 0.271 e. The van der Waals surface area contributed by atoms with Crippen LogP contribution in [0.1, 0.15) is 31.2 Å². The van der Waals surface area contributed by atoms with Gasteiger partial charge < -0.3 is 9.84 Å². The lowest BCUT2D eigenvalue weighted by atomic mass is 10.0. The molecule has 5 heteroatoms. The van der Waals surface area contributed by atoms with Crippen LogP contribution >= 0.6 is 0 Å². The average molecular weight is 355 g/mol. The highest BCUT2D eigenvalue weighted by Crippen LogP contribution is 2.38. The lowest BCUT2D eigenvalue weighted by molar-refractivity contribution is -0.658. The molecule has 0 bridgehead atoms. The Bertz CT molecular complexity index is 834. The van der Waals surface area contributed by atoms with Gasteiger partial charge in [0.15, 0.2) is 18.0 Å². The average Bonchev–Trinajstić information content (AvgIpc) is 2.82.